The van der Waals surface area contributed by atoms with Gasteiger partial charge in [0.1, 0.15) is 5.60 Å². The van der Waals surface area contributed by atoms with Crippen molar-refractivity contribution in [3.05, 3.63) is 23.8 Å². The predicted octanol–water partition coefficient (Wildman–Crippen LogP) is 3.20. The number of carbonyl (C=O) groups excluding carboxylic acids is 2. The van der Waals surface area contributed by atoms with E-state index in [9.17, 15) is 9.59 Å². The number of nitrogens with one attached hydrogen (secondary N) is 1. The summed E-state index contributed by atoms with van der Waals surface area (Å²) in [5.41, 5.74) is 1.49. The van der Waals surface area contributed by atoms with Crippen molar-refractivity contribution in [1.29, 1.82) is 0 Å². The summed E-state index contributed by atoms with van der Waals surface area (Å²) in [5.74, 6) is -0.274. The van der Waals surface area contributed by atoms with Crippen molar-refractivity contribution in [2.75, 3.05) is 23.3 Å². The van der Waals surface area contributed by atoms with E-state index in [2.05, 4.69) is 5.32 Å². The van der Waals surface area contributed by atoms with Crippen LogP contribution >= 0.6 is 0 Å². The van der Waals surface area contributed by atoms with E-state index in [1.54, 1.807) is 17.0 Å². The van der Waals surface area contributed by atoms with Gasteiger partial charge in [-0.2, -0.15) is 0 Å². The van der Waals surface area contributed by atoms with Crippen molar-refractivity contribution in [2.24, 2.45) is 0 Å². The van der Waals surface area contributed by atoms with Crippen LogP contribution in [0.1, 0.15) is 50.9 Å². The topological polar surface area (TPSA) is 58.6 Å². The van der Waals surface area contributed by atoms with E-state index in [0.29, 0.717) is 18.5 Å². The van der Waals surface area contributed by atoms with Crippen molar-refractivity contribution < 1.29 is 14.3 Å². The van der Waals surface area contributed by atoms with E-state index in [0.717, 1.165) is 24.3 Å². The highest BCUT2D eigenvalue weighted by molar-refractivity contribution is 5.98. The second-order valence-electron chi connectivity index (χ2n) is 6.45. The van der Waals surface area contributed by atoms with E-state index in [-0.39, 0.29) is 11.9 Å². The molecule has 0 bridgehead atoms. The normalized spacial score (nSPS) is 15.1. The molecular formula is C17H24N2O3. The maximum absolute atomic E-state index is 12.3. The minimum Gasteiger partial charge on any atom is -0.456 e. The van der Waals surface area contributed by atoms with Gasteiger partial charge >= 0.3 is 5.97 Å². The van der Waals surface area contributed by atoms with E-state index in [1.165, 1.54) is 0 Å². The lowest BCUT2D eigenvalue weighted by atomic mass is 10.1. The monoisotopic (exact) mass is 304 g/mol. The first-order chi connectivity index (χ1) is 10.3. The Morgan fingerprint density at radius 2 is 2.05 bits per heavy atom. The Balaban J connectivity index is 2.34. The zero-order valence-electron chi connectivity index (χ0n) is 13.7. The van der Waals surface area contributed by atoms with Crippen molar-refractivity contribution in [3.8, 4) is 0 Å². The molecule has 5 heteroatoms. The molecule has 1 aromatic carbocycles. The summed E-state index contributed by atoms with van der Waals surface area (Å²) in [7, 11) is 0. The summed E-state index contributed by atoms with van der Waals surface area (Å²) in [6.07, 6.45) is 1.42. The first-order valence-corrected chi connectivity index (χ1v) is 7.73. The Labute approximate surface area is 131 Å². The molecule has 1 heterocycles. The molecule has 0 spiro atoms. The van der Waals surface area contributed by atoms with Gasteiger partial charge in [-0.25, -0.2) is 4.79 Å². The second-order valence-corrected chi connectivity index (χ2v) is 6.45. The molecule has 1 amide bonds. The highest BCUT2D eigenvalue weighted by Crippen LogP contribution is 2.27. The fourth-order valence-electron chi connectivity index (χ4n) is 2.45. The number of esters is 1. The molecule has 0 aromatic heterocycles. The van der Waals surface area contributed by atoms with Gasteiger partial charge in [0, 0.05) is 30.9 Å². The molecule has 1 fully saturated rings. The summed E-state index contributed by atoms with van der Waals surface area (Å²) < 4.78 is 5.43. The third-order valence-corrected chi connectivity index (χ3v) is 3.32. The number of anilines is 2. The quantitative estimate of drug-likeness (QED) is 0.868. The van der Waals surface area contributed by atoms with Crippen molar-refractivity contribution >= 4 is 23.3 Å². The van der Waals surface area contributed by atoms with Crippen molar-refractivity contribution in [3.63, 3.8) is 0 Å². The van der Waals surface area contributed by atoms with Crippen LogP contribution in [0.3, 0.4) is 0 Å². The minimum atomic E-state index is -0.547. The molecule has 5 nitrogen and oxygen atoms in total. The Hall–Kier alpha value is -2.04. The number of hydrogen-bond acceptors (Lipinski definition) is 4. The lowest BCUT2D eigenvalue weighted by Crippen LogP contribution is -2.26. The molecule has 22 heavy (non-hydrogen) atoms. The highest BCUT2D eigenvalue weighted by atomic mass is 16.6. The van der Waals surface area contributed by atoms with Gasteiger partial charge in [0.2, 0.25) is 5.91 Å². The summed E-state index contributed by atoms with van der Waals surface area (Å²) in [5, 5.41) is 3.20. The number of nitrogens with zero attached hydrogens (tertiary/aromatic N) is 1. The largest absolute Gasteiger partial charge is 0.456 e. The number of hydrogen-bond donors (Lipinski definition) is 1. The zero-order chi connectivity index (χ0) is 16.3. The van der Waals surface area contributed by atoms with Crippen LogP contribution in [-0.4, -0.2) is 30.6 Å². The summed E-state index contributed by atoms with van der Waals surface area (Å²) in [6.45, 7) is 8.94. The second kappa shape index (κ2) is 6.38. The molecule has 0 aliphatic carbocycles. The summed E-state index contributed by atoms with van der Waals surface area (Å²) >= 11 is 0. The van der Waals surface area contributed by atoms with E-state index >= 15 is 0 Å². The number of rotatable bonds is 4. The van der Waals surface area contributed by atoms with E-state index < -0.39 is 5.60 Å². The molecule has 1 aliphatic rings. The molecule has 0 radical (unpaired) electrons. The molecule has 0 unspecified atom stereocenters. The third kappa shape index (κ3) is 4.00. The first-order valence-electron chi connectivity index (χ1n) is 7.73. The molecule has 1 aliphatic heterocycles. The molecule has 120 valence electrons. The van der Waals surface area contributed by atoms with Crippen molar-refractivity contribution in [2.45, 2.75) is 46.1 Å². The smallest absolute Gasteiger partial charge is 0.338 e. The van der Waals surface area contributed by atoms with Gasteiger partial charge in [0.25, 0.3) is 0 Å². The van der Waals surface area contributed by atoms with E-state index in [4.69, 9.17) is 4.74 Å². The van der Waals surface area contributed by atoms with Crippen LogP contribution in [0.2, 0.25) is 0 Å². The van der Waals surface area contributed by atoms with Gasteiger partial charge in [-0.1, -0.05) is 0 Å². The Bertz CT molecular complexity index is 576. The van der Waals surface area contributed by atoms with Crippen LogP contribution in [0.4, 0.5) is 11.4 Å². The average Bonchev–Trinajstić information content (AvgIpc) is 2.83. The van der Waals surface area contributed by atoms with Crippen LogP contribution in [0, 0.1) is 0 Å². The Morgan fingerprint density at radius 3 is 2.59 bits per heavy atom. The maximum Gasteiger partial charge on any atom is 0.338 e. The Morgan fingerprint density at radius 1 is 1.32 bits per heavy atom. The number of ether oxygens (including phenoxy) is 1. The fourth-order valence-corrected chi connectivity index (χ4v) is 2.45. The lowest BCUT2D eigenvalue weighted by molar-refractivity contribution is -0.117. The number of amides is 1. The van der Waals surface area contributed by atoms with Gasteiger partial charge in [-0.3, -0.25) is 4.79 Å². The molecule has 0 atom stereocenters. The molecule has 0 saturated carbocycles. The van der Waals surface area contributed by atoms with Gasteiger partial charge in [0.15, 0.2) is 0 Å². The SMILES string of the molecule is CCNc1cc(C(=O)OC(C)(C)C)cc(N2CCCC2=O)c1. The number of carbonyl (C=O) groups is 2. The third-order valence-electron chi connectivity index (χ3n) is 3.32. The van der Waals surface area contributed by atoms with Crippen LogP contribution in [-0.2, 0) is 9.53 Å². The average molecular weight is 304 g/mol. The fraction of sp³-hybridized carbons (Fsp3) is 0.529. The Kier molecular flexibility index (Phi) is 4.74. The summed E-state index contributed by atoms with van der Waals surface area (Å²) in [4.78, 5) is 26.0. The van der Waals surface area contributed by atoms with E-state index in [1.807, 2.05) is 33.8 Å². The maximum atomic E-state index is 12.3. The van der Waals surface area contributed by atoms with Crippen LogP contribution < -0.4 is 10.2 Å². The van der Waals surface area contributed by atoms with Gasteiger partial charge in [0.05, 0.1) is 5.56 Å². The van der Waals surface area contributed by atoms with Crippen LogP contribution in [0.25, 0.3) is 0 Å². The predicted molar refractivity (Wildman–Crippen MR) is 87.4 cm³/mol. The van der Waals surface area contributed by atoms with Gasteiger partial charge in [-0.15, -0.1) is 0 Å². The minimum absolute atomic E-state index is 0.101. The molecule has 1 aromatic rings. The zero-order valence-corrected chi connectivity index (χ0v) is 13.7. The van der Waals surface area contributed by atoms with Crippen molar-refractivity contribution in [1.82, 2.24) is 0 Å². The highest BCUT2D eigenvalue weighted by Gasteiger charge is 2.24. The van der Waals surface area contributed by atoms with Crippen LogP contribution in [0.15, 0.2) is 18.2 Å². The standard InChI is InChI=1S/C17H24N2O3/c1-5-18-13-9-12(16(21)22-17(2,3)4)10-14(11-13)19-8-6-7-15(19)20/h9-11,18H,5-8H2,1-4H3. The molecule has 1 saturated heterocycles. The molecule has 2 rings (SSSR count). The first kappa shape index (κ1) is 16.3. The van der Waals surface area contributed by atoms with Gasteiger partial charge < -0.3 is 15.0 Å². The summed E-state index contributed by atoms with van der Waals surface area (Å²) in [6, 6.07) is 5.40. The van der Waals surface area contributed by atoms with Gasteiger partial charge in [-0.05, 0) is 52.3 Å². The lowest BCUT2D eigenvalue weighted by Gasteiger charge is -2.22. The molecular weight excluding hydrogens is 280 g/mol. The number of benzene rings is 1. The molecule has 1 N–H and O–H groups in total. The van der Waals surface area contributed by atoms with Crippen LogP contribution in [0.5, 0.6) is 0 Å².